The summed E-state index contributed by atoms with van der Waals surface area (Å²) in [7, 11) is 1.56. The minimum Gasteiger partial charge on any atom is -0.496 e. The van der Waals surface area contributed by atoms with Gasteiger partial charge < -0.3 is 10.1 Å². The zero-order chi connectivity index (χ0) is 20.1. The van der Waals surface area contributed by atoms with Crippen molar-refractivity contribution in [3.8, 4) is 5.75 Å². The maximum atomic E-state index is 12.6. The first-order valence-electron chi connectivity index (χ1n) is 8.78. The van der Waals surface area contributed by atoms with E-state index in [0.717, 1.165) is 5.56 Å². The number of nitrogens with zero attached hydrogens (tertiary/aromatic N) is 2. The minimum absolute atomic E-state index is 0.218. The van der Waals surface area contributed by atoms with Crippen molar-refractivity contribution in [3.63, 3.8) is 0 Å². The third-order valence-corrected chi connectivity index (χ3v) is 4.42. The molecule has 0 fully saturated rings. The lowest BCUT2D eigenvalue weighted by molar-refractivity contribution is -0.121. The number of aromatic nitrogens is 2. The molecule has 1 heterocycles. The Hall–Kier alpha value is -3.61. The standard InChI is InChI=1S/C21H21N3O4/c1-3-12-23-16-9-5-6-10-17(16)24(21(27)20(23)26)14-19(25)22-13-15-8-4-7-11-18(15)28-2/h3-11H,1,12-14H2,2H3,(H,22,25). The zero-order valence-corrected chi connectivity index (χ0v) is 15.6. The van der Waals surface area contributed by atoms with Crippen LogP contribution in [0, 0.1) is 0 Å². The molecule has 7 nitrogen and oxygen atoms in total. The summed E-state index contributed by atoms with van der Waals surface area (Å²) in [4.78, 5) is 37.5. The second-order valence-electron chi connectivity index (χ2n) is 6.17. The third-order valence-electron chi connectivity index (χ3n) is 4.42. The van der Waals surface area contributed by atoms with Crippen LogP contribution in [0.25, 0.3) is 11.0 Å². The SMILES string of the molecule is C=CCn1c(=O)c(=O)n(CC(=O)NCc2ccccc2OC)c2ccccc21. The van der Waals surface area contributed by atoms with Gasteiger partial charge in [-0.15, -0.1) is 6.58 Å². The summed E-state index contributed by atoms with van der Waals surface area (Å²) in [5.74, 6) is 0.288. The number of carbonyl (C=O) groups is 1. The molecule has 0 aliphatic rings. The van der Waals surface area contributed by atoms with Crippen LogP contribution in [0.5, 0.6) is 5.75 Å². The van der Waals surface area contributed by atoms with Gasteiger partial charge in [0.15, 0.2) is 0 Å². The van der Waals surface area contributed by atoms with Crippen LogP contribution >= 0.6 is 0 Å². The van der Waals surface area contributed by atoms with Gasteiger partial charge in [0.2, 0.25) is 5.91 Å². The van der Waals surface area contributed by atoms with E-state index in [2.05, 4.69) is 11.9 Å². The number of allylic oxidation sites excluding steroid dienone is 1. The second kappa shape index (κ2) is 8.39. The average molecular weight is 379 g/mol. The summed E-state index contributed by atoms with van der Waals surface area (Å²) in [6.45, 7) is 3.85. The molecule has 2 aromatic carbocycles. The average Bonchev–Trinajstić information content (AvgIpc) is 2.73. The number of methoxy groups -OCH3 is 1. The highest BCUT2D eigenvalue weighted by Gasteiger charge is 2.15. The van der Waals surface area contributed by atoms with Gasteiger partial charge in [0.25, 0.3) is 0 Å². The molecule has 1 N–H and O–H groups in total. The lowest BCUT2D eigenvalue weighted by atomic mass is 10.2. The molecule has 1 amide bonds. The van der Waals surface area contributed by atoms with E-state index in [1.165, 1.54) is 9.13 Å². The predicted molar refractivity (Wildman–Crippen MR) is 108 cm³/mol. The summed E-state index contributed by atoms with van der Waals surface area (Å²) >= 11 is 0. The topological polar surface area (TPSA) is 82.3 Å². The van der Waals surface area contributed by atoms with Crippen molar-refractivity contribution in [2.24, 2.45) is 0 Å². The Balaban J connectivity index is 1.90. The first kappa shape index (κ1) is 19.2. The molecule has 0 saturated carbocycles. The molecule has 0 spiro atoms. The minimum atomic E-state index is -0.743. The number of nitrogens with one attached hydrogen (secondary N) is 1. The van der Waals surface area contributed by atoms with Crippen LogP contribution in [-0.4, -0.2) is 22.2 Å². The maximum absolute atomic E-state index is 12.6. The fourth-order valence-corrected chi connectivity index (χ4v) is 3.08. The Morgan fingerprint density at radius 3 is 2.32 bits per heavy atom. The van der Waals surface area contributed by atoms with Crippen molar-refractivity contribution in [1.82, 2.24) is 14.5 Å². The van der Waals surface area contributed by atoms with Crippen molar-refractivity contribution in [1.29, 1.82) is 0 Å². The lowest BCUT2D eigenvalue weighted by Gasteiger charge is -2.14. The largest absolute Gasteiger partial charge is 0.496 e. The highest BCUT2D eigenvalue weighted by molar-refractivity contribution is 5.80. The molecule has 0 saturated heterocycles. The molecular weight excluding hydrogens is 358 g/mol. The van der Waals surface area contributed by atoms with Crippen molar-refractivity contribution in [3.05, 3.63) is 87.5 Å². The fourth-order valence-electron chi connectivity index (χ4n) is 3.08. The van der Waals surface area contributed by atoms with Crippen molar-refractivity contribution >= 4 is 16.9 Å². The molecule has 0 atom stereocenters. The molecule has 0 aliphatic carbocycles. The molecule has 28 heavy (non-hydrogen) atoms. The van der Waals surface area contributed by atoms with Gasteiger partial charge in [-0.1, -0.05) is 36.4 Å². The molecule has 0 radical (unpaired) electrons. The second-order valence-corrected chi connectivity index (χ2v) is 6.17. The van der Waals surface area contributed by atoms with Crippen LogP contribution in [-0.2, 0) is 24.4 Å². The van der Waals surface area contributed by atoms with Gasteiger partial charge in [-0.25, -0.2) is 0 Å². The number of hydrogen-bond acceptors (Lipinski definition) is 4. The van der Waals surface area contributed by atoms with E-state index < -0.39 is 11.1 Å². The Bertz CT molecular complexity index is 1140. The molecule has 144 valence electrons. The summed E-state index contributed by atoms with van der Waals surface area (Å²) in [6.07, 6.45) is 1.55. The first-order chi connectivity index (χ1) is 13.6. The third kappa shape index (κ3) is 3.73. The smallest absolute Gasteiger partial charge is 0.317 e. The van der Waals surface area contributed by atoms with E-state index in [1.807, 2.05) is 18.2 Å². The summed E-state index contributed by atoms with van der Waals surface area (Å²) < 4.78 is 7.82. The molecule has 1 aromatic heterocycles. The van der Waals surface area contributed by atoms with Crippen LogP contribution < -0.4 is 21.2 Å². The number of rotatable bonds is 7. The summed E-state index contributed by atoms with van der Waals surface area (Å²) in [5, 5.41) is 2.77. The number of fused-ring (bicyclic) bond motifs is 1. The van der Waals surface area contributed by atoms with E-state index in [1.54, 1.807) is 43.5 Å². The molecule has 0 bridgehead atoms. The van der Waals surface area contributed by atoms with Gasteiger partial charge >= 0.3 is 11.1 Å². The highest BCUT2D eigenvalue weighted by atomic mass is 16.5. The number of benzene rings is 2. The molecule has 3 aromatic rings. The monoisotopic (exact) mass is 379 g/mol. The molecule has 0 aliphatic heterocycles. The highest BCUT2D eigenvalue weighted by Crippen LogP contribution is 2.16. The Kier molecular flexibility index (Phi) is 5.74. The van der Waals surface area contributed by atoms with E-state index in [4.69, 9.17) is 4.74 Å². The van der Waals surface area contributed by atoms with Gasteiger partial charge in [-0.3, -0.25) is 23.5 Å². The Morgan fingerprint density at radius 2 is 1.64 bits per heavy atom. The van der Waals surface area contributed by atoms with Crippen LogP contribution in [0.3, 0.4) is 0 Å². The Labute approximate surface area is 161 Å². The van der Waals surface area contributed by atoms with Gasteiger partial charge in [0.1, 0.15) is 12.3 Å². The lowest BCUT2D eigenvalue weighted by Crippen LogP contribution is -2.43. The quantitative estimate of drug-likeness (QED) is 0.500. The van der Waals surface area contributed by atoms with Gasteiger partial charge in [-0.2, -0.15) is 0 Å². The maximum Gasteiger partial charge on any atom is 0.317 e. The molecule has 3 rings (SSSR count). The molecular formula is C21H21N3O4. The fraction of sp³-hybridized carbons (Fsp3) is 0.190. The number of ether oxygens (including phenoxy) is 1. The molecule has 0 unspecified atom stereocenters. The normalized spacial score (nSPS) is 10.6. The number of hydrogen-bond donors (Lipinski definition) is 1. The van der Waals surface area contributed by atoms with E-state index in [0.29, 0.717) is 16.8 Å². The van der Waals surface area contributed by atoms with Gasteiger partial charge in [0, 0.05) is 18.7 Å². The van der Waals surface area contributed by atoms with Crippen molar-refractivity contribution in [2.45, 2.75) is 19.6 Å². The van der Waals surface area contributed by atoms with Crippen LogP contribution in [0.2, 0.25) is 0 Å². The van der Waals surface area contributed by atoms with Crippen LogP contribution in [0.15, 0.2) is 70.8 Å². The molecule has 7 heteroatoms. The van der Waals surface area contributed by atoms with Gasteiger partial charge in [-0.05, 0) is 18.2 Å². The summed E-state index contributed by atoms with van der Waals surface area (Å²) in [6, 6.07) is 14.3. The predicted octanol–water partition coefficient (Wildman–Crippen LogP) is 1.67. The van der Waals surface area contributed by atoms with E-state index in [-0.39, 0.29) is 25.5 Å². The summed E-state index contributed by atoms with van der Waals surface area (Å²) in [5.41, 5.74) is 0.479. The number of carbonyl (C=O) groups excluding carboxylic acids is 1. The number of amides is 1. The number of para-hydroxylation sites is 3. The van der Waals surface area contributed by atoms with Crippen LogP contribution in [0.4, 0.5) is 0 Å². The Morgan fingerprint density at radius 1 is 1.04 bits per heavy atom. The van der Waals surface area contributed by atoms with E-state index >= 15 is 0 Å². The zero-order valence-electron chi connectivity index (χ0n) is 15.6. The van der Waals surface area contributed by atoms with E-state index in [9.17, 15) is 14.4 Å². The van der Waals surface area contributed by atoms with Crippen LogP contribution in [0.1, 0.15) is 5.56 Å². The first-order valence-corrected chi connectivity index (χ1v) is 8.78. The van der Waals surface area contributed by atoms with Gasteiger partial charge in [0.05, 0.1) is 18.1 Å². The van der Waals surface area contributed by atoms with Crippen molar-refractivity contribution < 1.29 is 9.53 Å². The van der Waals surface area contributed by atoms with Crippen molar-refractivity contribution in [2.75, 3.05) is 7.11 Å².